The minimum atomic E-state index is 0.664. The lowest BCUT2D eigenvalue weighted by molar-refractivity contribution is 0.855. The SMILES string of the molecule is CCCc1cc(SCCCl)ncn1. The van der Waals surface area contributed by atoms with E-state index in [1.54, 1.807) is 18.1 Å². The van der Waals surface area contributed by atoms with Crippen LogP contribution in [0.1, 0.15) is 19.0 Å². The summed E-state index contributed by atoms with van der Waals surface area (Å²) in [4.78, 5) is 8.33. The van der Waals surface area contributed by atoms with E-state index in [4.69, 9.17) is 11.6 Å². The Bertz CT molecular complexity index is 255. The van der Waals surface area contributed by atoms with Gasteiger partial charge >= 0.3 is 0 Å². The second-order valence-corrected chi connectivity index (χ2v) is 4.13. The van der Waals surface area contributed by atoms with Crippen molar-refractivity contribution >= 4 is 23.4 Å². The fraction of sp³-hybridized carbons (Fsp3) is 0.556. The molecule has 0 aromatic carbocycles. The largest absolute Gasteiger partial charge is 0.241 e. The molecule has 0 unspecified atom stereocenters. The molecule has 0 saturated heterocycles. The number of thioether (sulfide) groups is 1. The first-order chi connectivity index (χ1) is 6.36. The molecule has 1 rings (SSSR count). The summed E-state index contributed by atoms with van der Waals surface area (Å²) in [5.74, 6) is 1.57. The van der Waals surface area contributed by atoms with Crippen molar-refractivity contribution in [2.75, 3.05) is 11.6 Å². The van der Waals surface area contributed by atoms with Crippen molar-refractivity contribution in [1.29, 1.82) is 0 Å². The number of aromatic nitrogens is 2. The fourth-order valence-electron chi connectivity index (χ4n) is 0.992. The average Bonchev–Trinajstić information content (AvgIpc) is 2.16. The summed E-state index contributed by atoms with van der Waals surface area (Å²) < 4.78 is 0. The molecule has 13 heavy (non-hydrogen) atoms. The van der Waals surface area contributed by atoms with Crippen LogP contribution in [-0.4, -0.2) is 21.6 Å². The summed E-state index contributed by atoms with van der Waals surface area (Å²) in [6.07, 6.45) is 3.77. The van der Waals surface area contributed by atoms with Crippen molar-refractivity contribution in [3.05, 3.63) is 18.1 Å². The van der Waals surface area contributed by atoms with Crippen LogP contribution in [0.2, 0.25) is 0 Å². The zero-order valence-electron chi connectivity index (χ0n) is 7.66. The van der Waals surface area contributed by atoms with E-state index in [1.165, 1.54) is 0 Å². The van der Waals surface area contributed by atoms with E-state index in [1.807, 2.05) is 6.07 Å². The molecule has 0 aliphatic carbocycles. The van der Waals surface area contributed by atoms with Gasteiger partial charge in [0.25, 0.3) is 0 Å². The molecule has 0 radical (unpaired) electrons. The Morgan fingerprint density at radius 3 is 3.00 bits per heavy atom. The van der Waals surface area contributed by atoms with Gasteiger partial charge in [-0.05, 0) is 12.5 Å². The summed E-state index contributed by atoms with van der Waals surface area (Å²) in [5.41, 5.74) is 1.12. The zero-order valence-corrected chi connectivity index (χ0v) is 9.24. The Labute approximate surface area is 88.1 Å². The number of hydrogen-bond acceptors (Lipinski definition) is 3. The number of halogens is 1. The maximum absolute atomic E-state index is 5.59. The van der Waals surface area contributed by atoms with Gasteiger partial charge in [0.15, 0.2) is 0 Å². The minimum absolute atomic E-state index is 0.664. The molecule has 0 saturated carbocycles. The highest BCUT2D eigenvalue weighted by Gasteiger charge is 1.97. The van der Waals surface area contributed by atoms with Crippen LogP contribution in [0.3, 0.4) is 0 Å². The molecular formula is C9H13ClN2S. The third-order valence-corrected chi connectivity index (χ3v) is 2.87. The van der Waals surface area contributed by atoms with Gasteiger partial charge in [0.1, 0.15) is 6.33 Å². The smallest absolute Gasteiger partial charge is 0.116 e. The number of alkyl halides is 1. The van der Waals surface area contributed by atoms with Crippen molar-refractivity contribution < 1.29 is 0 Å². The van der Waals surface area contributed by atoms with Crippen molar-refractivity contribution in [2.24, 2.45) is 0 Å². The van der Waals surface area contributed by atoms with Gasteiger partial charge in [-0.15, -0.1) is 23.4 Å². The quantitative estimate of drug-likeness (QED) is 0.430. The van der Waals surface area contributed by atoms with Crippen LogP contribution in [-0.2, 0) is 6.42 Å². The van der Waals surface area contributed by atoms with Crippen LogP contribution >= 0.6 is 23.4 Å². The third kappa shape index (κ3) is 3.96. The molecule has 0 aliphatic rings. The van der Waals surface area contributed by atoms with Gasteiger partial charge in [-0.3, -0.25) is 0 Å². The summed E-state index contributed by atoms with van der Waals surface area (Å²) in [6.45, 7) is 2.15. The first-order valence-electron chi connectivity index (χ1n) is 4.36. The average molecular weight is 217 g/mol. The van der Waals surface area contributed by atoms with Gasteiger partial charge in [0, 0.05) is 17.3 Å². The Hall–Kier alpha value is -0.280. The molecule has 1 aromatic rings. The maximum Gasteiger partial charge on any atom is 0.116 e. The molecule has 0 fully saturated rings. The monoisotopic (exact) mass is 216 g/mol. The van der Waals surface area contributed by atoms with Crippen molar-refractivity contribution in [2.45, 2.75) is 24.8 Å². The molecular weight excluding hydrogens is 204 g/mol. The van der Waals surface area contributed by atoms with Crippen LogP contribution < -0.4 is 0 Å². The van der Waals surface area contributed by atoms with Crippen molar-refractivity contribution in [3.8, 4) is 0 Å². The predicted octanol–water partition coefficient (Wildman–Crippen LogP) is 2.76. The first kappa shape index (κ1) is 10.8. The van der Waals surface area contributed by atoms with E-state index in [0.29, 0.717) is 5.88 Å². The van der Waals surface area contributed by atoms with Gasteiger partial charge in [0.05, 0.1) is 5.03 Å². The lowest BCUT2D eigenvalue weighted by Gasteiger charge is -2.00. The molecule has 0 N–H and O–H groups in total. The van der Waals surface area contributed by atoms with Crippen LogP contribution in [0.5, 0.6) is 0 Å². The summed E-state index contributed by atoms with van der Waals surface area (Å²) >= 11 is 7.27. The number of rotatable bonds is 5. The topological polar surface area (TPSA) is 25.8 Å². The summed E-state index contributed by atoms with van der Waals surface area (Å²) in [6, 6.07) is 2.04. The fourth-order valence-corrected chi connectivity index (χ4v) is 1.85. The second kappa shape index (κ2) is 6.22. The van der Waals surface area contributed by atoms with Crippen LogP contribution in [0.15, 0.2) is 17.4 Å². The molecule has 72 valence electrons. The third-order valence-electron chi connectivity index (χ3n) is 1.53. The van der Waals surface area contributed by atoms with Crippen LogP contribution in [0.4, 0.5) is 0 Å². The van der Waals surface area contributed by atoms with E-state index in [9.17, 15) is 0 Å². The molecule has 4 heteroatoms. The highest BCUT2D eigenvalue weighted by molar-refractivity contribution is 7.99. The van der Waals surface area contributed by atoms with Crippen LogP contribution in [0.25, 0.3) is 0 Å². The molecule has 0 aliphatic heterocycles. The molecule has 1 aromatic heterocycles. The van der Waals surface area contributed by atoms with Crippen molar-refractivity contribution in [3.63, 3.8) is 0 Å². The van der Waals surface area contributed by atoms with E-state index < -0.39 is 0 Å². The Morgan fingerprint density at radius 2 is 2.31 bits per heavy atom. The molecule has 0 amide bonds. The van der Waals surface area contributed by atoms with Gasteiger partial charge in [0.2, 0.25) is 0 Å². The van der Waals surface area contributed by atoms with Crippen LogP contribution in [0, 0.1) is 0 Å². The number of hydrogen-bond donors (Lipinski definition) is 0. The normalized spacial score (nSPS) is 10.3. The van der Waals surface area contributed by atoms with E-state index in [-0.39, 0.29) is 0 Å². The lowest BCUT2D eigenvalue weighted by atomic mass is 10.2. The zero-order chi connectivity index (χ0) is 9.52. The maximum atomic E-state index is 5.59. The molecule has 2 nitrogen and oxygen atoms in total. The Morgan fingerprint density at radius 1 is 1.46 bits per heavy atom. The van der Waals surface area contributed by atoms with Gasteiger partial charge in [-0.25, -0.2) is 9.97 Å². The highest BCUT2D eigenvalue weighted by Crippen LogP contribution is 2.15. The van der Waals surface area contributed by atoms with Crippen molar-refractivity contribution in [1.82, 2.24) is 9.97 Å². The molecule has 0 atom stereocenters. The number of nitrogens with zero attached hydrogens (tertiary/aromatic N) is 2. The minimum Gasteiger partial charge on any atom is -0.241 e. The lowest BCUT2D eigenvalue weighted by Crippen LogP contribution is -1.92. The second-order valence-electron chi connectivity index (χ2n) is 2.64. The van der Waals surface area contributed by atoms with Gasteiger partial charge in [-0.1, -0.05) is 13.3 Å². The Balaban J connectivity index is 2.56. The first-order valence-corrected chi connectivity index (χ1v) is 5.88. The summed E-state index contributed by atoms with van der Waals surface area (Å²) in [7, 11) is 0. The van der Waals surface area contributed by atoms with E-state index >= 15 is 0 Å². The molecule has 1 heterocycles. The standard InChI is InChI=1S/C9H13ClN2S/c1-2-3-8-6-9(12-7-11-8)13-5-4-10/h6-7H,2-5H2,1H3. The summed E-state index contributed by atoms with van der Waals surface area (Å²) in [5, 5.41) is 1.03. The Kier molecular flexibility index (Phi) is 5.16. The van der Waals surface area contributed by atoms with Gasteiger partial charge in [-0.2, -0.15) is 0 Å². The predicted molar refractivity (Wildman–Crippen MR) is 57.5 cm³/mol. The van der Waals surface area contributed by atoms with Gasteiger partial charge < -0.3 is 0 Å². The number of aryl methyl sites for hydroxylation is 1. The molecule has 0 bridgehead atoms. The molecule has 0 spiro atoms. The van der Waals surface area contributed by atoms with E-state index in [2.05, 4.69) is 16.9 Å². The van der Waals surface area contributed by atoms with E-state index in [0.717, 1.165) is 29.3 Å². The highest BCUT2D eigenvalue weighted by atomic mass is 35.5.